The van der Waals surface area contributed by atoms with E-state index in [0.29, 0.717) is 48.3 Å². The van der Waals surface area contributed by atoms with Crippen LogP contribution in [-0.2, 0) is 9.53 Å². The zero-order chi connectivity index (χ0) is 21.7. The normalized spacial score (nSPS) is 15.4. The second-order valence-corrected chi connectivity index (χ2v) is 7.34. The summed E-state index contributed by atoms with van der Waals surface area (Å²) in [5.74, 6) is 0.678. The lowest BCUT2D eigenvalue weighted by Gasteiger charge is -2.38. The topological polar surface area (TPSA) is 68.3 Å². The number of rotatable bonds is 6. The molecule has 1 amide bonds. The van der Waals surface area contributed by atoms with Crippen molar-refractivity contribution in [2.24, 2.45) is 0 Å². The monoisotopic (exact) mass is 432 g/mol. The van der Waals surface area contributed by atoms with Crippen molar-refractivity contribution in [3.05, 3.63) is 58.6 Å². The summed E-state index contributed by atoms with van der Waals surface area (Å²) in [6, 6.07) is 11.7. The standard InChI is InChI=1S/C22H25ClN2O5/c1-28-18-12-16(13-19(14-18)29-2)21(26)25-10-8-24(9-11-25)20(22(27)30-3)15-4-6-17(23)7-5-15/h4-7,12-14,20H,8-11H2,1-3H3. The third-order valence-electron chi connectivity index (χ3n) is 5.18. The SMILES string of the molecule is COC(=O)C(c1ccc(Cl)cc1)N1CCN(C(=O)c2cc(OC)cc(OC)c2)CC1. The lowest BCUT2D eigenvalue weighted by atomic mass is 10.0. The minimum Gasteiger partial charge on any atom is -0.497 e. The highest BCUT2D eigenvalue weighted by atomic mass is 35.5. The van der Waals surface area contributed by atoms with Crippen LogP contribution in [-0.4, -0.2) is 69.2 Å². The average molecular weight is 433 g/mol. The van der Waals surface area contributed by atoms with Gasteiger partial charge in [-0.3, -0.25) is 9.69 Å². The number of ether oxygens (including phenoxy) is 3. The summed E-state index contributed by atoms with van der Waals surface area (Å²) in [6.45, 7) is 2.04. The highest BCUT2D eigenvalue weighted by Crippen LogP contribution is 2.27. The molecule has 160 valence electrons. The molecule has 1 aliphatic heterocycles. The minimum atomic E-state index is -0.540. The van der Waals surface area contributed by atoms with Crippen LogP contribution >= 0.6 is 11.6 Å². The fourth-order valence-corrected chi connectivity index (χ4v) is 3.68. The fraction of sp³-hybridized carbons (Fsp3) is 0.364. The van der Waals surface area contributed by atoms with E-state index in [-0.39, 0.29) is 11.9 Å². The summed E-state index contributed by atoms with van der Waals surface area (Å²) in [4.78, 5) is 29.3. The molecule has 1 atom stereocenters. The van der Waals surface area contributed by atoms with Crippen LogP contribution in [0.25, 0.3) is 0 Å². The number of piperazine rings is 1. The Morgan fingerprint density at radius 3 is 1.97 bits per heavy atom. The van der Waals surface area contributed by atoms with Gasteiger partial charge in [0.05, 0.1) is 21.3 Å². The molecule has 1 unspecified atom stereocenters. The van der Waals surface area contributed by atoms with Gasteiger partial charge in [-0.25, -0.2) is 4.79 Å². The zero-order valence-corrected chi connectivity index (χ0v) is 18.0. The maximum atomic E-state index is 13.0. The van der Waals surface area contributed by atoms with E-state index in [0.717, 1.165) is 5.56 Å². The Bertz CT molecular complexity index is 873. The van der Waals surface area contributed by atoms with Crippen LogP contribution in [0.2, 0.25) is 5.02 Å². The second kappa shape index (κ2) is 9.82. The summed E-state index contributed by atoms with van der Waals surface area (Å²) in [5, 5.41) is 0.603. The van der Waals surface area contributed by atoms with Gasteiger partial charge in [0, 0.05) is 42.8 Å². The molecule has 7 nitrogen and oxygen atoms in total. The number of hydrogen-bond donors (Lipinski definition) is 0. The Hall–Kier alpha value is -2.77. The van der Waals surface area contributed by atoms with Crippen molar-refractivity contribution >= 4 is 23.5 Å². The van der Waals surface area contributed by atoms with E-state index in [4.69, 9.17) is 25.8 Å². The van der Waals surface area contributed by atoms with Crippen LogP contribution < -0.4 is 9.47 Å². The van der Waals surface area contributed by atoms with E-state index < -0.39 is 6.04 Å². The molecule has 2 aromatic rings. The van der Waals surface area contributed by atoms with Crippen LogP contribution in [0.5, 0.6) is 11.5 Å². The lowest BCUT2D eigenvalue weighted by Crippen LogP contribution is -2.51. The van der Waals surface area contributed by atoms with Gasteiger partial charge in [-0.15, -0.1) is 0 Å². The van der Waals surface area contributed by atoms with E-state index in [1.54, 1.807) is 49.5 Å². The molecular formula is C22H25ClN2O5. The molecule has 2 aromatic carbocycles. The number of nitrogens with zero attached hydrogens (tertiary/aromatic N) is 2. The first-order chi connectivity index (χ1) is 14.5. The third kappa shape index (κ3) is 4.86. The number of carbonyl (C=O) groups is 2. The minimum absolute atomic E-state index is 0.104. The molecule has 1 fully saturated rings. The molecule has 0 aromatic heterocycles. The Kier molecular flexibility index (Phi) is 7.18. The van der Waals surface area contributed by atoms with E-state index in [9.17, 15) is 9.59 Å². The van der Waals surface area contributed by atoms with Gasteiger partial charge in [-0.2, -0.15) is 0 Å². The number of amides is 1. The largest absolute Gasteiger partial charge is 0.497 e. The van der Waals surface area contributed by atoms with Crippen molar-refractivity contribution in [2.45, 2.75) is 6.04 Å². The van der Waals surface area contributed by atoms with Gasteiger partial charge in [0.25, 0.3) is 5.91 Å². The van der Waals surface area contributed by atoms with Gasteiger partial charge in [-0.05, 0) is 29.8 Å². The second-order valence-electron chi connectivity index (χ2n) is 6.91. The average Bonchev–Trinajstić information content (AvgIpc) is 2.79. The van der Waals surface area contributed by atoms with Crippen molar-refractivity contribution in [2.75, 3.05) is 47.5 Å². The smallest absolute Gasteiger partial charge is 0.327 e. The molecule has 0 spiro atoms. The summed E-state index contributed by atoms with van der Waals surface area (Å²) < 4.78 is 15.5. The summed E-state index contributed by atoms with van der Waals surface area (Å²) >= 11 is 5.98. The number of benzene rings is 2. The molecule has 1 aliphatic rings. The van der Waals surface area contributed by atoms with Crippen molar-refractivity contribution in [1.29, 1.82) is 0 Å². The molecule has 3 rings (SSSR count). The Morgan fingerprint density at radius 2 is 1.47 bits per heavy atom. The first-order valence-electron chi connectivity index (χ1n) is 9.56. The van der Waals surface area contributed by atoms with Crippen molar-refractivity contribution in [3.8, 4) is 11.5 Å². The van der Waals surface area contributed by atoms with Crippen LogP contribution in [0.15, 0.2) is 42.5 Å². The Labute approximate surface area is 181 Å². The van der Waals surface area contributed by atoms with E-state index >= 15 is 0 Å². The highest BCUT2D eigenvalue weighted by Gasteiger charge is 2.32. The Balaban J connectivity index is 1.73. The van der Waals surface area contributed by atoms with Crippen LogP contribution in [0, 0.1) is 0 Å². The predicted molar refractivity (Wildman–Crippen MR) is 113 cm³/mol. The summed E-state index contributed by atoms with van der Waals surface area (Å²) in [7, 11) is 4.47. The lowest BCUT2D eigenvalue weighted by molar-refractivity contribution is -0.148. The predicted octanol–water partition coefficient (Wildman–Crippen LogP) is 3.03. The molecule has 1 saturated heterocycles. The van der Waals surface area contributed by atoms with Crippen LogP contribution in [0.4, 0.5) is 0 Å². The molecule has 30 heavy (non-hydrogen) atoms. The number of methoxy groups -OCH3 is 3. The summed E-state index contributed by atoms with van der Waals surface area (Å²) in [6.07, 6.45) is 0. The molecule has 0 N–H and O–H groups in total. The zero-order valence-electron chi connectivity index (χ0n) is 17.3. The van der Waals surface area contributed by atoms with E-state index in [2.05, 4.69) is 0 Å². The van der Waals surface area contributed by atoms with E-state index in [1.165, 1.54) is 7.11 Å². The maximum absolute atomic E-state index is 13.0. The van der Waals surface area contributed by atoms with Gasteiger partial charge in [-0.1, -0.05) is 23.7 Å². The van der Waals surface area contributed by atoms with E-state index in [1.807, 2.05) is 17.0 Å². The molecule has 8 heteroatoms. The first-order valence-corrected chi connectivity index (χ1v) is 9.94. The fourth-order valence-electron chi connectivity index (χ4n) is 3.55. The number of halogens is 1. The van der Waals surface area contributed by atoms with Gasteiger partial charge in [0.2, 0.25) is 0 Å². The maximum Gasteiger partial charge on any atom is 0.327 e. The molecule has 0 aliphatic carbocycles. The quantitative estimate of drug-likeness (QED) is 0.653. The van der Waals surface area contributed by atoms with Gasteiger partial charge in [0.15, 0.2) is 0 Å². The number of carbonyl (C=O) groups excluding carboxylic acids is 2. The van der Waals surface area contributed by atoms with Crippen molar-refractivity contribution in [3.63, 3.8) is 0 Å². The first kappa shape index (κ1) is 21.9. The van der Waals surface area contributed by atoms with Crippen LogP contribution in [0.1, 0.15) is 22.0 Å². The van der Waals surface area contributed by atoms with Crippen molar-refractivity contribution in [1.82, 2.24) is 9.80 Å². The molecule has 0 saturated carbocycles. The third-order valence-corrected chi connectivity index (χ3v) is 5.43. The van der Waals surface area contributed by atoms with Crippen LogP contribution in [0.3, 0.4) is 0 Å². The number of hydrogen-bond acceptors (Lipinski definition) is 6. The number of esters is 1. The Morgan fingerprint density at radius 1 is 0.900 bits per heavy atom. The highest BCUT2D eigenvalue weighted by molar-refractivity contribution is 6.30. The molecular weight excluding hydrogens is 408 g/mol. The summed E-state index contributed by atoms with van der Waals surface area (Å²) in [5.41, 5.74) is 1.31. The molecule has 0 bridgehead atoms. The molecule has 0 radical (unpaired) electrons. The van der Waals surface area contributed by atoms with Gasteiger partial charge < -0.3 is 19.1 Å². The van der Waals surface area contributed by atoms with Crippen molar-refractivity contribution < 1.29 is 23.8 Å². The van der Waals surface area contributed by atoms with Gasteiger partial charge in [0.1, 0.15) is 17.5 Å². The van der Waals surface area contributed by atoms with Gasteiger partial charge >= 0.3 is 5.97 Å². The molecule has 1 heterocycles.